The molecule has 2 aliphatic heterocycles. The van der Waals surface area contributed by atoms with Gasteiger partial charge in [0.25, 0.3) is 5.56 Å². The molecule has 1 saturated heterocycles. The molecule has 9 heteroatoms. The minimum atomic E-state index is -0.0457. The molecule has 2 fully saturated rings. The first-order valence-corrected chi connectivity index (χ1v) is 11.9. The van der Waals surface area contributed by atoms with E-state index in [0.29, 0.717) is 36.1 Å². The smallest absolute Gasteiger partial charge is 0.278 e. The number of anilines is 2. The van der Waals surface area contributed by atoms with Gasteiger partial charge in [0.05, 0.1) is 30.6 Å². The Morgan fingerprint density at radius 1 is 1.09 bits per heavy atom. The summed E-state index contributed by atoms with van der Waals surface area (Å²) in [5, 5.41) is 7.28. The Kier molecular flexibility index (Phi) is 4.53. The average molecular weight is 456 g/mol. The van der Waals surface area contributed by atoms with Crippen molar-refractivity contribution in [2.24, 2.45) is 0 Å². The van der Waals surface area contributed by atoms with Gasteiger partial charge < -0.3 is 15.4 Å². The van der Waals surface area contributed by atoms with Crippen LogP contribution in [0.5, 0.6) is 0 Å². The van der Waals surface area contributed by atoms with Crippen LogP contribution in [0.2, 0.25) is 0 Å². The largest absolute Gasteiger partial charge is 0.380 e. The molecule has 3 aliphatic rings. The van der Waals surface area contributed by atoms with Crippen LogP contribution >= 0.6 is 0 Å². The molecule has 1 saturated carbocycles. The van der Waals surface area contributed by atoms with E-state index >= 15 is 0 Å². The Bertz CT molecular complexity index is 1470. The first-order valence-electron chi connectivity index (χ1n) is 11.9. The van der Waals surface area contributed by atoms with E-state index in [9.17, 15) is 4.79 Å². The summed E-state index contributed by atoms with van der Waals surface area (Å²) in [6.07, 6.45) is 6.44. The van der Waals surface area contributed by atoms with Crippen molar-refractivity contribution >= 4 is 22.7 Å². The van der Waals surface area contributed by atoms with Crippen molar-refractivity contribution < 1.29 is 4.74 Å². The highest BCUT2D eigenvalue weighted by molar-refractivity contribution is 5.77. The average Bonchev–Trinajstić information content (AvgIpc) is 3.62. The Morgan fingerprint density at radius 2 is 2.00 bits per heavy atom. The van der Waals surface area contributed by atoms with Crippen LogP contribution in [0.4, 0.5) is 11.6 Å². The van der Waals surface area contributed by atoms with Gasteiger partial charge in [-0.2, -0.15) is 4.98 Å². The molecule has 2 N–H and O–H groups in total. The maximum atomic E-state index is 13.3. The lowest BCUT2D eigenvalue weighted by Gasteiger charge is -2.25. The monoisotopic (exact) mass is 455 g/mol. The molecule has 0 atom stereocenters. The predicted molar refractivity (Wildman–Crippen MR) is 128 cm³/mol. The van der Waals surface area contributed by atoms with Crippen LogP contribution in [0.3, 0.4) is 0 Å². The molecule has 1 aliphatic carbocycles. The minimum Gasteiger partial charge on any atom is -0.380 e. The van der Waals surface area contributed by atoms with Crippen molar-refractivity contribution in [1.82, 2.24) is 29.6 Å². The zero-order valence-corrected chi connectivity index (χ0v) is 18.7. The van der Waals surface area contributed by atoms with Gasteiger partial charge in [0.1, 0.15) is 5.39 Å². The normalized spacial score (nSPS) is 18.0. The van der Waals surface area contributed by atoms with Gasteiger partial charge in [-0.1, -0.05) is 6.07 Å². The maximum absolute atomic E-state index is 13.3. The molecule has 34 heavy (non-hydrogen) atoms. The van der Waals surface area contributed by atoms with Gasteiger partial charge in [-0.15, -0.1) is 0 Å². The molecular formula is C25H25N7O2. The number of hydrogen-bond donors (Lipinski definition) is 2. The van der Waals surface area contributed by atoms with E-state index in [2.05, 4.69) is 44.9 Å². The van der Waals surface area contributed by atoms with Crippen molar-refractivity contribution in [1.29, 1.82) is 0 Å². The number of nitrogens with zero attached hydrogens (tertiary/aromatic N) is 5. The summed E-state index contributed by atoms with van der Waals surface area (Å²) in [5.41, 5.74) is 6.05. The molecule has 1 aromatic carbocycles. The molecule has 0 amide bonds. The number of fused-ring (bicyclic) bond motifs is 2. The molecule has 9 nitrogen and oxygen atoms in total. The fraction of sp³-hybridized carbons (Fsp3) is 0.360. The first kappa shape index (κ1) is 19.9. The Labute approximate surface area is 195 Å². The summed E-state index contributed by atoms with van der Waals surface area (Å²) in [5.74, 6) is 0.777. The highest BCUT2D eigenvalue weighted by Gasteiger charge is 2.31. The van der Waals surface area contributed by atoms with Crippen molar-refractivity contribution in [2.45, 2.75) is 37.8 Å². The summed E-state index contributed by atoms with van der Waals surface area (Å²) in [6.45, 7) is 3.26. The lowest BCUT2D eigenvalue weighted by Crippen LogP contribution is -2.26. The molecule has 0 radical (unpaired) electrons. The number of benzene rings is 1. The van der Waals surface area contributed by atoms with Crippen LogP contribution in [-0.2, 0) is 17.7 Å². The van der Waals surface area contributed by atoms with Crippen LogP contribution in [0, 0.1) is 0 Å². The van der Waals surface area contributed by atoms with E-state index in [-0.39, 0.29) is 11.6 Å². The zero-order valence-electron chi connectivity index (χ0n) is 18.7. The van der Waals surface area contributed by atoms with Crippen LogP contribution in [0.15, 0.2) is 47.5 Å². The Morgan fingerprint density at radius 3 is 2.82 bits per heavy atom. The van der Waals surface area contributed by atoms with Gasteiger partial charge in [-0.05, 0) is 61.2 Å². The fourth-order valence-corrected chi connectivity index (χ4v) is 4.84. The predicted octanol–water partition coefficient (Wildman–Crippen LogP) is 2.82. The summed E-state index contributed by atoms with van der Waals surface area (Å²) in [6, 6.07) is 10.5. The van der Waals surface area contributed by atoms with Gasteiger partial charge in [-0.3, -0.25) is 9.78 Å². The van der Waals surface area contributed by atoms with E-state index in [0.717, 1.165) is 49.4 Å². The number of hydrogen-bond acceptors (Lipinski definition) is 7. The molecule has 3 aromatic heterocycles. The summed E-state index contributed by atoms with van der Waals surface area (Å²) < 4.78 is 9.14. The second-order valence-corrected chi connectivity index (χ2v) is 9.33. The SMILES string of the molecule is O=c1c2cnc(Nc3ccc4c(c3)CCNC4)nc2n(-c2ccnc(C3COC3)c2)n1C1CC1. The van der Waals surface area contributed by atoms with Crippen molar-refractivity contribution in [3.05, 3.63) is 69.9 Å². The second kappa shape index (κ2) is 7.75. The number of rotatable bonds is 5. The number of nitrogens with one attached hydrogen (secondary N) is 2. The second-order valence-electron chi connectivity index (χ2n) is 9.33. The maximum Gasteiger partial charge on any atom is 0.278 e. The standard InChI is InChI=1S/C25H25N7O2/c33-24-21-12-28-25(29-18-2-1-16-11-26-7-5-15(16)9-18)30-23(21)31(32(24)19-3-4-19)20-6-8-27-22(10-20)17-13-34-14-17/h1-2,6,8-10,12,17,19,26H,3-5,7,11,13-14H2,(H,28,29,30). The molecule has 0 spiro atoms. The van der Waals surface area contributed by atoms with Gasteiger partial charge in [-0.25, -0.2) is 14.3 Å². The lowest BCUT2D eigenvalue weighted by molar-refractivity contribution is 0.00671. The zero-order chi connectivity index (χ0) is 22.6. The van der Waals surface area contributed by atoms with Crippen LogP contribution < -0.4 is 16.2 Å². The Hall–Kier alpha value is -3.56. The summed E-state index contributed by atoms with van der Waals surface area (Å²) >= 11 is 0. The van der Waals surface area contributed by atoms with Crippen LogP contribution in [0.1, 0.15) is 41.6 Å². The van der Waals surface area contributed by atoms with E-state index in [1.165, 1.54) is 11.1 Å². The van der Waals surface area contributed by atoms with E-state index in [4.69, 9.17) is 9.72 Å². The van der Waals surface area contributed by atoms with E-state index in [1.807, 2.05) is 15.4 Å². The first-order chi connectivity index (χ1) is 16.7. The third kappa shape index (κ3) is 3.31. The fourth-order valence-electron chi connectivity index (χ4n) is 4.84. The van der Waals surface area contributed by atoms with Crippen LogP contribution in [-0.4, -0.2) is 44.1 Å². The summed E-state index contributed by atoms with van der Waals surface area (Å²) in [4.78, 5) is 27.2. The van der Waals surface area contributed by atoms with Gasteiger partial charge in [0, 0.05) is 30.5 Å². The number of aromatic nitrogens is 5. The minimum absolute atomic E-state index is 0.0457. The third-order valence-electron chi connectivity index (χ3n) is 6.93. The van der Waals surface area contributed by atoms with Gasteiger partial charge in [0.2, 0.25) is 5.95 Å². The molecule has 172 valence electrons. The molecule has 7 rings (SSSR count). The highest BCUT2D eigenvalue weighted by atomic mass is 16.5. The topological polar surface area (TPSA) is 98.9 Å². The van der Waals surface area contributed by atoms with Crippen molar-refractivity contribution in [3.63, 3.8) is 0 Å². The summed E-state index contributed by atoms with van der Waals surface area (Å²) in [7, 11) is 0. The Balaban J connectivity index is 1.32. The molecular weight excluding hydrogens is 430 g/mol. The molecule has 0 unspecified atom stereocenters. The number of pyridine rings is 1. The van der Waals surface area contributed by atoms with E-state index in [1.54, 1.807) is 12.4 Å². The molecule has 4 aromatic rings. The molecule has 5 heterocycles. The third-order valence-corrected chi connectivity index (χ3v) is 6.93. The van der Waals surface area contributed by atoms with E-state index < -0.39 is 0 Å². The highest BCUT2D eigenvalue weighted by Crippen LogP contribution is 2.36. The quantitative estimate of drug-likeness (QED) is 0.477. The van der Waals surface area contributed by atoms with Gasteiger partial charge >= 0.3 is 0 Å². The lowest BCUT2D eigenvalue weighted by atomic mass is 10.0. The van der Waals surface area contributed by atoms with Crippen LogP contribution in [0.25, 0.3) is 16.7 Å². The number of ether oxygens (including phenoxy) is 1. The van der Waals surface area contributed by atoms with Gasteiger partial charge in [0.15, 0.2) is 5.65 Å². The van der Waals surface area contributed by atoms with Crippen molar-refractivity contribution in [3.8, 4) is 5.69 Å². The van der Waals surface area contributed by atoms with Crippen molar-refractivity contribution in [2.75, 3.05) is 25.1 Å². The molecule has 0 bridgehead atoms.